The molecule has 0 spiro atoms. The first-order valence-electron chi connectivity index (χ1n) is 7.76. The molecule has 0 bridgehead atoms. The highest BCUT2D eigenvalue weighted by Gasteiger charge is 2.22. The molecule has 0 heterocycles. The second kappa shape index (κ2) is 7.65. The molecule has 0 aromatic heterocycles. The first kappa shape index (κ1) is 15.3. The monoisotopic (exact) mass is 277 g/mol. The van der Waals surface area contributed by atoms with Crippen molar-refractivity contribution in [3.8, 4) is 5.75 Å². The van der Waals surface area contributed by atoms with E-state index in [9.17, 15) is 5.11 Å². The Morgan fingerprint density at radius 1 is 1.35 bits per heavy atom. The predicted octanol–water partition coefficient (Wildman–Crippen LogP) is 3.07. The zero-order chi connectivity index (χ0) is 14.4. The highest BCUT2D eigenvalue weighted by atomic mass is 16.5. The fourth-order valence-electron chi connectivity index (χ4n) is 3.29. The molecule has 1 aliphatic carbocycles. The highest BCUT2D eigenvalue weighted by molar-refractivity contribution is 5.31. The van der Waals surface area contributed by atoms with Gasteiger partial charge in [0.15, 0.2) is 0 Å². The molecule has 3 heteroatoms. The van der Waals surface area contributed by atoms with E-state index in [1.54, 1.807) is 7.11 Å². The zero-order valence-corrected chi connectivity index (χ0v) is 12.4. The Morgan fingerprint density at radius 2 is 2.10 bits per heavy atom. The molecule has 3 N–H and O–H groups in total. The normalized spacial score (nSPS) is 18.9. The van der Waals surface area contributed by atoms with E-state index < -0.39 is 0 Å². The molecule has 0 amide bonds. The van der Waals surface area contributed by atoms with Crippen LogP contribution in [0.2, 0.25) is 0 Å². The average molecular weight is 277 g/mol. The van der Waals surface area contributed by atoms with Crippen molar-refractivity contribution in [2.24, 2.45) is 11.7 Å². The molecule has 1 aromatic rings. The first-order valence-corrected chi connectivity index (χ1v) is 7.76. The molecule has 0 saturated heterocycles. The van der Waals surface area contributed by atoms with Gasteiger partial charge in [0.2, 0.25) is 0 Å². The Hall–Kier alpha value is -1.06. The van der Waals surface area contributed by atoms with Gasteiger partial charge in [0, 0.05) is 12.5 Å². The second-order valence-electron chi connectivity index (χ2n) is 5.91. The fraction of sp³-hybridized carbons (Fsp3) is 0.647. The summed E-state index contributed by atoms with van der Waals surface area (Å²) in [5.74, 6) is 1.64. The van der Waals surface area contributed by atoms with Crippen molar-refractivity contribution in [3.05, 3.63) is 29.8 Å². The van der Waals surface area contributed by atoms with Crippen molar-refractivity contribution in [2.75, 3.05) is 13.7 Å². The molecule has 1 saturated carbocycles. The van der Waals surface area contributed by atoms with E-state index in [1.807, 2.05) is 24.3 Å². The van der Waals surface area contributed by atoms with Gasteiger partial charge >= 0.3 is 0 Å². The van der Waals surface area contributed by atoms with Gasteiger partial charge in [-0.1, -0.05) is 37.8 Å². The number of ether oxygens (including phenoxy) is 1. The Kier molecular flexibility index (Phi) is 5.86. The molecular formula is C17H27NO2. The minimum atomic E-state index is -0.354. The van der Waals surface area contributed by atoms with Crippen LogP contribution in [0.5, 0.6) is 5.75 Å². The van der Waals surface area contributed by atoms with E-state index in [4.69, 9.17) is 10.5 Å². The number of nitrogens with two attached hydrogens (primary N) is 1. The first-order chi connectivity index (χ1) is 9.74. The van der Waals surface area contributed by atoms with Gasteiger partial charge in [-0.25, -0.2) is 0 Å². The van der Waals surface area contributed by atoms with Crippen molar-refractivity contribution >= 4 is 0 Å². The summed E-state index contributed by atoms with van der Waals surface area (Å²) < 4.78 is 5.25. The minimum Gasteiger partial charge on any atom is -0.497 e. The van der Waals surface area contributed by atoms with Gasteiger partial charge in [-0.15, -0.1) is 0 Å². The van der Waals surface area contributed by atoms with Crippen LogP contribution >= 0.6 is 0 Å². The molecule has 20 heavy (non-hydrogen) atoms. The number of benzene rings is 1. The third-order valence-corrected chi connectivity index (χ3v) is 4.59. The predicted molar refractivity (Wildman–Crippen MR) is 82.0 cm³/mol. The van der Waals surface area contributed by atoms with E-state index in [1.165, 1.54) is 25.7 Å². The van der Waals surface area contributed by atoms with Gasteiger partial charge in [0.1, 0.15) is 5.75 Å². The van der Waals surface area contributed by atoms with Crippen LogP contribution < -0.4 is 10.5 Å². The molecular weight excluding hydrogens is 250 g/mol. The molecule has 3 nitrogen and oxygen atoms in total. The van der Waals surface area contributed by atoms with Gasteiger partial charge in [0.05, 0.1) is 13.2 Å². The Morgan fingerprint density at radius 3 is 2.75 bits per heavy atom. The summed E-state index contributed by atoms with van der Waals surface area (Å²) in [6.45, 7) is 0.471. The number of aliphatic hydroxyl groups is 1. The van der Waals surface area contributed by atoms with Crippen LogP contribution in [0.4, 0.5) is 0 Å². The average Bonchev–Trinajstić information content (AvgIpc) is 2.99. The quantitative estimate of drug-likeness (QED) is 0.805. The van der Waals surface area contributed by atoms with Gasteiger partial charge < -0.3 is 15.6 Å². The van der Waals surface area contributed by atoms with Crippen LogP contribution in [0, 0.1) is 5.92 Å². The lowest BCUT2D eigenvalue weighted by atomic mass is 9.88. The zero-order valence-electron chi connectivity index (χ0n) is 12.4. The molecule has 2 unspecified atom stereocenters. The number of aliphatic hydroxyl groups excluding tert-OH is 1. The standard InChI is InChI=1S/C17H27NO2/c1-20-15-8-4-7-14(11-15)16(12-18)17(19)10-9-13-5-2-3-6-13/h4,7-8,11,13,16-17,19H,2-3,5-6,9-10,12,18H2,1H3. The number of methoxy groups -OCH3 is 1. The molecule has 2 rings (SSSR count). The Balaban J connectivity index is 1.94. The van der Waals surface area contributed by atoms with Gasteiger partial charge in [-0.05, 0) is 36.5 Å². The minimum absolute atomic E-state index is 0.00602. The van der Waals surface area contributed by atoms with Crippen LogP contribution in [0.1, 0.15) is 50.0 Å². The molecule has 0 radical (unpaired) electrons. The summed E-state index contributed by atoms with van der Waals surface area (Å²) in [5.41, 5.74) is 6.95. The summed E-state index contributed by atoms with van der Waals surface area (Å²) in [4.78, 5) is 0. The van der Waals surface area contributed by atoms with E-state index in [-0.39, 0.29) is 12.0 Å². The summed E-state index contributed by atoms with van der Waals surface area (Å²) >= 11 is 0. The SMILES string of the molecule is COc1cccc(C(CN)C(O)CCC2CCCC2)c1. The van der Waals surface area contributed by atoms with Crippen molar-refractivity contribution in [1.29, 1.82) is 0 Å². The second-order valence-corrected chi connectivity index (χ2v) is 5.91. The number of rotatable bonds is 7. The third kappa shape index (κ3) is 3.97. The number of hydrogen-bond acceptors (Lipinski definition) is 3. The summed E-state index contributed by atoms with van der Waals surface area (Å²) in [7, 11) is 1.66. The maximum absolute atomic E-state index is 10.5. The van der Waals surface area contributed by atoms with E-state index >= 15 is 0 Å². The topological polar surface area (TPSA) is 55.5 Å². The van der Waals surface area contributed by atoms with Crippen LogP contribution in [-0.2, 0) is 0 Å². The van der Waals surface area contributed by atoms with E-state index in [0.29, 0.717) is 6.54 Å². The molecule has 2 atom stereocenters. The lowest BCUT2D eigenvalue weighted by Crippen LogP contribution is -2.26. The smallest absolute Gasteiger partial charge is 0.119 e. The van der Waals surface area contributed by atoms with Crippen molar-refractivity contribution in [1.82, 2.24) is 0 Å². The van der Waals surface area contributed by atoms with E-state index in [0.717, 1.165) is 30.1 Å². The summed E-state index contributed by atoms with van der Waals surface area (Å²) in [6.07, 6.45) is 7.00. The van der Waals surface area contributed by atoms with E-state index in [2.05, 4.69) is 0 Å². The largest absolute Gasteiger partial charge is 0.497 e. The molecule has 0 aliphatic heterocycles. The van der Waals surface area contributed by atoms with Gasteiger partial charge in [-0.3, -0.25) is 0 Å². The van der Waals surface area contributed by atoms with Crippen LogP contribution in [-0.4, -0.2) is 24.9 Å². The van der Waals surface area contributed by atoms with Gasteiger partial charge in [-0.2, -0.15) is 0 Å². The fourth-order valence-corrected chi connectivity index (χ4v) is 3.29. The van der Waals surface area contributed by atoms with Crippen LogP contribution in [0.3, 0.4) is 0 Å². The maximum Gasteiger partial charge on any atom is 0.119 e. The lowest BCUT2D eigenvalue weighted by molar-refractivity contribution is 0.127. The van der Waals surface area contributed by atoms with Crippen LogP contribution in [0.15, 0.2) is 24.3 Å². The van der Waals surface area contributed by atoms with Crippen LogP contribution in [0.25, 0.3) is 0 Å². The van der Waals surface area contributed by atoms with Crippen molar-refractivity contribution in [2.45, 2.75) is 50.5 Å². The summed E-state index contributed by atoms with van der Waals surface area (Å²) in [5, 5.41) is 10.5. The number of hydrogen-bond donors (Lipinski definition) is 2. The van der Waals surface area contributed by atoms with Crippen molar-refractivity contribution in [3.63, 3.8) is 0 Å². The van der Waals surface area contributed by atoms with Gasteiger partial charge in [0.25, 0.3) is 0 Å². The Bertz CT molecular complexity index is 402. The molecule has 112 valence electrons. The maximum atomic E-state index is 10.5. The molecule has 1 aliphatic rings. The molecule has 1 fully saturated rings. The Labute approximate surface area is 122 Å². The lowest BCUT2D eigenvalue weighted by Gasteiger charge is -2.23. The third-order valence-electron chi connectivity index (χ3n) is 4.59. The summed E-state index contributed by atoms with van der Waals surface area (Å²) in [6, 6.07) is 7.89. The molecule has 1 aromatic carbocycles. The highest BCUT2D eigenvalue weighted by Crippen LogP contribution is 2.31. The van der Waals surface area contributed by atoms with Crippen molar-refractivity contribution < 1.29 is 9.84 Å².